The van der Waals surface area contributed by atoms with Crippen molar-refractivity contribution >= 4 is 26.9 Å². The number of aliphatic hydroxyl groups excluding tert-OH is 1. The molecular formula is C13H16BrNO2. The lowest BCUT2D eigenvalue weighted by molar-refractivity contribution is 0.239. The minimum atomic E-state index is 0.0601. The molecule has 0 fully saturated rings. The molecule has 0 aliphatic carbocycles. The highest BCUT2D eigenvalue weighted by atomic mass is 79.9. The Balaban J connectivity index is 2.24. The molecule has 0 spiro atoms. The number of furan rings is 1. The van der Waals surface area contributed by atoms with Gasteiger partial charge in [0.15, 0.2) is 0 Å². The van der Waals surface area contributed by atoms with Gasteiger partial charge < -0.3 is 14.8 Å². The van der Waals surface area contributed by atoms with Gasteiger partial charge in [0, 0.05) is 15.9 Å². The summed E-state index contributed by atoms with van der Waals surface area (Å²) < 4.78 is 6.81. The fourth-order valence-corrected chi connectivity index (χ4v) is 2.19. The van der Waals surface area contributed by atoms with Gasteiger partial charge in [-0.05, 0) is 38.1 Å². The lowest BCUT2D eigenvalue weighted by Gasteiger charge is -2.15. The summed E-state index contributed by atoms with van der Waals surface area (Å²) in [5, 5.41) is 13.4. The van der Waals surface area contributed by atoms with E-state index >= 15 is 0 Å². The molecular weight excluding hydrogens is 282 g/mol. The van der Waals surface area contributed by atoms with Gasteiger partial charge in [-0.25, -0.2) is 0 Å². The van der Waals surface area contributed by atoms with E-state index in [1.165, 1.54) is 0 Å². The van der Waals surface area contributed by atoms with Crippen LogP contribution in [0.3, 0.4) is 0 Å². The zero-order valence-corrected chi connectivity index (χ0v) is 11.5. The Morgan fingerprint density at radius 3 is 2.82 bits per heavy atom. The van der Waals surface area contributed by atoms with Gasteiger partial charge in [-0.3, -0.25) is 0 Å². The van der Waals surface area contributed by atoms with Gasteiger partial charge in [-0.15, -0.1) is 0 Å². The maximum atomic E-state index is 9.01. The summed E-state index contributed by atoms with van der Waals surface area (Å²) in [5.74, 6) is 0.887. The molecule has 1 aromatic heterocycles. The van der Waals surface area contributed by atoms with Gasteiger partial charge in [-0.1, -0.05) is 15.9 Å². The van der Waals surface area contributed by atoms with E-state index in [1.807, 2.05) is 38.1 Å². The predicted octanol–water partition coefficient (Wildman–Crippen LogP) is 3.23. The first-order chi connectivity index (χ1) is 8.10. The molecule has 0 aliphatic rings. The third kappa shape index (κ3) is 2.89. The molecule has 1 aromatic carbocycles. The number of fused-ring (bicyclic) bond motifs is 1. The summed E-state index contributed by atoms with van der Waals surface area (Å²) in [6.45, 7) is 4.09. The van der Waals surface area contributed by atoms with Crippen LogP contribution in [0.2, 0.25) is 0 Å². The molecule has 0 amide bonds. The number of benzene rings is 1. The molecule has 4 heteroatoms. The van der Waals surface area contributed by atoms with Crippen LogP contribution in [0.25, 0.3) is 11.0 Å². The average Bonchev–Trinajstić information content (AvgIpc) is 2.71. The zero-order chi connectivity index (χ0) is 12.4. The van der Waals surface area contributed by atoms with Crippen molar-refractivity contribution in [3.8, 4) is 0 Å². The molecule has 0 saturated heterocycles. The summed E-state index contributed by atoms with van der Waals surface area (Å²) in [7, 11) is 0. The molecule has 2 N–H and O–H groups in total. The van der Waals surface area contributed by atoms with E-state index in [0.717, 1.165) is 21.2 Å². The Morgan fingerprint density at radius 2 is 2.12 bits per heavy atom. The Labute approximate surface area is 109 Å². The van der Waals surface area contributed by atoms with Gasteiger partial charge in [-0.2, -0.15) is 0 Å². The minimum Gasteiger partial charge on any atom is -0.459 e. The second-order valence-electron chi connectivity index (χ2n) is 4.30. The molecule has 92 valence electrons. The normalized spacial score (nSPS) is 15.1. The Hall–Kier alpha value is -0.840. The number of halogens is 1. The fourth-order valence-electron chi connectivity index (χ4n) is 1.81. The molecule has 0 saturated carbocycles. The summed E-state index contributed by atoms with van der Waals surface area (Å²) in [6.07, 6.45) is 0. The van der Waals surface area contributed by atoms with E-state index in [-0.39, 0.29) is 18.7 Å². The first-order valence-corrected chi connectivity index (χ1v) is 6.45. The quantitative estimate of drug-likeness (QED) is 0.911. The highest BCUT2D eigenvalue weighted by molar-refractivity contribution is 9.10. The van der Waals surface area contributed by atoms with Crippen LogP contribution < -0.4 is 5.32 Å². The number of rotatable bonds is 4. The van der Waals surface area contributed by atoms with E-state index in [2.05, 4.69) is 21.2 Å². The highest BCUT2D eigenvalue weighted by Gasteiger charge is 2.13. The third-order valence-corrected chi connectivity index (χ3v) is 3.23. The summed E-state index contributed by atoms with van der Waals surface area (Å²) in [4.78, 5) is 0. The summed E-state index contributed by atoms with van der Waals surface area (Å²) in [5.41, 5.74) is 0.883. The van der Waals surface area contributed by atoms with Crippen LogP contribution in [0.4, 0.5) is 0 Å². The third-order valence-electron chi connectivity index (χ3n) is 2.73. The van der Waals surface area contributed by atoms with E-state index in [9.17, 15) is 0 Å². The van der Waals surface area contributed by atoms with E-state index in [1.54, 1.807) is 0 Å². The van der Waals surface area contributed by atoms with Crippen molar-refractivity contribution in [3.05, 3.63) is 34.5 Å². The second-order valence-corrected chi connectivity index (χ2v) is 5.22. The zero-order valence-electron chi connectivity index (χ0n) is 9.90. The SMILES string of the molecule is C[C@H](CO)N[C@H](C)c1cc2cc(Br)ccc2o1. The second kappa shape index (κ2) is 5.21. The maximum Gasteiger partial charge on any atom is 0.134 e. The first-order valence-electron chi connectivity index (χ1n) is 5.66. The monoisotopic (exact) mass is 297 g/mol. The highest BCUT2D eigenvalue weighted by Crippen LogP contribution is 2.26. The van der Waals surface area contributed by atoms with Gasteiger partial charge in [0.25, 0.3) is 0 Å². The van der Waals surface area contributed by atoms with E-state index in [4.69, 9.17) is 9.52 Å². The van der Waals surface area contributed by atoms with Gasteiger partial charge in [0.1, 0.15) is 11.3 Å². The average molecular weight is 298 g/mol. The first kappa shape index (κ1) is 12.6. The van der Waals surface area contributed by atoms with Crippen LogP contribution in [-0.2, 0) is 0 Å². The topological polar surface area (TPSA) is 45.4 Å². The number of hydrogen-bond acceptors (Lipinski definition) is 3. The molecule has 0 unspecified atom stereocenters. The molecule has 2 rings (SSSR count). The van der Waals surface area contributed by atoms with Crippen LogP contribution in [0.15, 0.2) is 33.2 Å². The van der Waals surface area contributed by atoms with Crippen molar-refractivity contribution in [2.75, 3.05) is 6.61 Å². The molecule has 0 radical (unpaired) electrons. The van der Waals surface area contributed by atoms with E-state index < -0.39 is 0 Å². The minimum absolute atomic E-state index is 0.0601. The van der Waals surface area contributed by atoms with Crippen LogP contribution in [0.1, 0.15) is 25.6 Å². The number of hydrogen-bond donors (Lipinski definition) is 2. The molecule has 3 nitrogen and oxygen atoms in total. The lowest BCUT2D eigenvalue weighted by Crippen LogP contribution is -2.31. The predicted molar refractivity (Wildman–Crippen MR) is 72.0 cm³/mol. The molecule has 1 heterocycles. The molecule has 0 aliphatic heterocycles. The van der Waals surface area contributed by atoms with Crippen molar-refractivity contribution in [2.45, 2.75) is 25.9 Å². The number of aliphatic hydroxyl groups is 1. The summed E-state index contributed by atoms with van der Waals surface area (Å²) in [6, 6.07) is 8.12. The smallest absolute Gasteiger partial charge is 0.134 e. The van der Waals surface area contributed by atoms with Crippen molar-refractivity contribution in [1.29, 1.82) is 0 Å². The molecule has 2 aromatic rings. The van der Waals surface area contributed by atoms with Crippen LogP contribution in [-0.4, -0.2) is 17.8 Å². The van der Waals surface area contributed by atoms with Crippen molar-refractivity contribution < 1.29 is 9.52 Å². The summed E-state index contributed by atoms with van der Waals surface area (Å²) >= 11 is 3.44. The van der Waals surface area contributed by atoms with Gasteiger partial charge >= 0.3 is 0 Å². The van der Waals surface area contributed by atoms with Gasteiger partial charge in [0.2, 0.25) is 0 Å². The van der Waals surface area contributed by atoms with Gasteiger partial charge in [0.05, 0.1) is 12.6 Å². The maximum absolute atomic E-state index is 9.01. The Bertz CT molecular complexity index is 509. The molecule has 17 heavy (non-hydrogen) atoms. The Morgan fingerprint density at radius 1 is 1.35 bits per heavy atom. The largest absolute Gasteiger partial charge is 0.459 e. The van der Waals surface area contributed by atoms with Crippen molar-refractivity contribution in [3.63, 3.8) is 0 Å². The standard InChI is InChI=1S/C13H16BrNO2/c1-8(7-16)15-9(2)13-6-10-5-11(14)3-4-12(10)17-13/h3-6,8-9,15-16H,7H2,1-2H3/t8-,9-/m1/s1. The van der Waals surface area contributed by atoms with Crippen molar-refractivity contribution in [1.82, 2.24) is 5.32 Å². The van der Waals surface area contributed by atoms with Crippen LogP contribution in [0.5, 0.6) is 0 Å². The molecule has 2 atom stereocenters. The Kier molecular flexibility index (Phi) is 3.86. The fraction of sp³-hybridized carbons (Fsp3) is 0.385. The van der Waals surface area contributed by atoms with Crippen LogP contribution >= 0.6 is 15.9 Å². The van der Waals surface area contributed by atoms with E-state index in [0.29, 0.717) is 0 Å². The number of nitrogens with one attached hydrogen (secondary N) is 1. The van der Waals surface area contributed by atoms with Crippen LogP contribution in [0, 0.1) is 0 Å². The molecule has 0 bridgehead atoms. The lowest BCUT2D eigenvalue weighted by atomic mass is 10.2. The van der Waals surface area contributed by atoms with Crippen molar-refractivity contribution in [2.24, 2.45) is 0 Å².